The molecule has 2 rings (SSSR count). The number of likely N-dealkylation sites (N-methyl/N-ethyl adjacent to an activating group) is 1. The smallest absolute Gasteiger partial charge is 0.0897 e. The van der Waals surface area contributed by atoms with Gasteiger partial charge >= 0.3 is 0 Å². The van der Waals surface area contributed by atoms with Gasteiger partial charge in [0.15, 0.2) is 0 Å². The van der Waals surface area contributed by atoms with Crippen LogP contribution in [-0.2, 0) is 19.4 Å². The first-order valence-corrected chi connectivity index (χ1v) is 8.13. The molecule has 0 spiro atoms. The van der Waals surface area contributed by atoms with E-state index in [2.05, 4.69) is 29.2 Å². The summed E-state index contributed by atoms with van der Waals surface area (Å²) in [5.74, 6) is 0. The van der Waals surface area contributed by atoms with Crippen LogP contribution >= 0.6 is 22.9 Å². The van der Waals surface area contributed by atoms with Crippen molar-refractivity contribution in [1.82, 2.24) is 20.1 Å². The highest BCUT2D eigenvalue weighted by Gasteiger charge is 2.20. The summed E-state index contributed by atoms with van der Waals surface area (Å²) in [6.45, 7) is 7.05. The maximum Gasteiger partial charge on any atom is 0.0897 e. The van der Waals surface area contributed by atoms with E-state index >= 15 is 0 Å². The lowest BCUT2D eigenvalue weighted by Crippen LogP contribution is -2.19. The molecule has 0 aromatic carbocycles. The normalized spacial score (nSPS) is 12.8. The van der Waals surface area contributed by atoms with E-state index in [-0.39, 0.29) is 6.04 Å². The number of nitrogens with one attached hydrogen (secondary N) is 1. The summed E-state index contributed by atoms with van der Waals surface area (Å²) in [7, 11) is 1.97. The Morgan fingerprint density at radius 2 is 2.20 bits per heavy atom. The van der Waals surface area contributed by atoms with Gasteiger partial charge < -0.3 is 5.32 Å². The molecule has 1 unspecified atom stereocenters. The Balaban J connectivity index is 2.29. The van der Waals surface area contributed by atoms with Gasteiger partial charge in [-0.3, -0.25) is 4.68 Å². The van der Waals surface area contributed by atoms with E-state index in [1.165, 1.54) is 4.88 Å². The van der Waals surface area contributed by atoms with E-state index in [1.807, 2.05) is 24.9 Å². The predicted octanol–water partition coefficient (Wildman–Crippen LogP) is 3.39. The van der Waals surface area contributed by atoms with Gasteiger partial charge in [0, 0.05) is 30.1 Å². The van der Waals surface area contributed by atoms with Crippen LogP contribution in [0, 0.1) is 6.92 Å². The summed E-state index contributed by atoms with van der Waals surface area (Å²) in [4.78, 5) is 5.58. The zero-order valence-electron chi connectivity index (χ0n) is 12.4. The highest BCUT2D eigenvalue weighted by Crippen LogP contribution is 2.29. The number of aryl methyl sites for hydroxylation is 3. The van der Waals surface area contributed by atoms with Gasteiger partial charge in [-0.25, -0.2) is 4.98 Å². The van der Waals surface area contributed by atoms with E-state index < -0.39 is 0 Å². The van der Waals surface area contributed by atoms with E-state index in [9.17, 15) is 0 Å². The lowest BCUT2D eigenvalue weighted by atomic mass is 10.1. The molecule has 0 amide bonds. The molecule has 0 saturated carbocycles. The zero-order chi connectivity index (χ0) is 14.7. The molecule has 6 heteroatoms. The minimum Gasteiger partial charge on any atom is -0.312 e. The number of nitrogens with zero attached hydrogens (tertiary/aromatic N) is 3. The highest BCUT2D eigenvalue weighted by atomic mass is 35.5. The van der Waals surface area contributed by atoms with Crippen LogP contribution in [0.5, 0.6) is 0 Å². The molecule has 20 heavy (non-hydrogen) atoms. The minimum atomic E-state index is 0.227. The van der Waals surface area contributed by atoms with Crippen molar-refractivity contribution in [2.24, 2.45) is 0 Å². The van der Waals surface area contributed by atoms with Crippen molar-refractivity contribution in [3.05, 3.63) is 32.5 Å². The summed E-state index contributed by atoms with van der Waals surface area (Å²) >= 11 is 8.20. The number of rotatable bonds is 6. The van der Waals surface area contributed by atoms with Crippen molar-refractivity contribution < 1.29 is 0 Å². The molecule has 2 heterocycles. The Bertz CT molecular complexity index is 576. The zero-order valence-corrected chi connectivity index (χ0v) is 14.0. The van der Waals surface area contributed by atoms with Crippen molar-refractivity contribution in [2.75, 3.05) is 7.05 Å². The molecule has 1 N–H and O–H groups in total. The first kappa shape index (κ1) is 15.5. The third-order valence-corrected chi connectivity index (χ3v) is 4.89. The highest BCUT2D eigenvalue weighted by molar-refractivity contribution is 7.11. The summed E-state index contributed by atoms with van der Waals surface area (Å²) < 4.78 is 2.01. The average Bonchev–Trinajstić information content (AvgIpc) is 3.00. The van der Waals surface area contributed by atoms with Crippen molar-refractivity contribution in [3.8, 4) is 0 Å². The summed E-state index contributed by atoms with van der Waals surface area (Å²) in [5, 5.41) is 9.84. The second-order valence-corrected chi connectivity index (χ2v) is 6.35. The van der Waals surface area contributed by atoms with Gasteiger partial charge in [-0.05, 0) is 27.3 Å². The van der Waals surface area contributed by atoms with Crippen LogP contribution in [-0.4, -0.2) is 21.8 Å². The average molecular weight is 313 g/mol. The largest absolute Gasteiger partial charge is 0.312 e. The summed E-state index contributed by atoms with van der Waals surface area (Å²) in [6.07, 6.45) is 3.64. The number of thiazole rings is 1. The Kier molecular flexibility index (Phi) is 5.18. The van der Waals surface area contributed by atoms with Crippen LogP contribution in [0.25, 0.3) is 0 Å². The maximum absolute atomic E-state index is 6.48. The molecule has 2 aromatic rings. The Morgan fingerprint density at radius 1 is 1.45 bits per heavy atom. The van der Waals surface area contributed by atoms with Gasteiger partial charge in [-0.2, -0.15) is 5.10 Å². The van der Waals surface area contributed by atoms with E-state index in [0.29, 0.717) is 0 Å². The van der Waals surface area contributed by atoms with Crippen LogP contribution in [0.4, 0.5) is 0 Å². The molecule has 0 fully saturated rings. The number of hydrogen-bond acceptors (Lipinski definition) is 4. The predicted molar refractivity (Wildman–Crippen MR) is 84.6 cm³/mol. The van der Waals surface area contributed by atoms with Gasteiger partial charge in [0.1, 0.15) is 0 Å². The van der Waals surface area contributed by atoms with E-state index in [4.69, 9.17) is 11.6 Å². The van der Waals surface area contributed by atoms with Crippen LogP contribution in [0.3, 0.4) is 0 Å². The number of aromatic nitrogens is 3. The Morgan fingerprint density at radius 3 is 2.70 bits per heavy atom. The molecule has 0 radical (unpaired) electrons. The van der Waals surface area contributed by atoms with Crippen molar-refractivity contribution in [3.63, 3.8) is 0 Å². The number of hydrogen-bond donors (Lipinski definition) is 1. The van der Waals surface area contributed by atoms with Crippen molar-refractivity contribution in [1.29, 1.82) is 0 Å². The molecule has 4 nitrogen and oxygen atoms in total. The summed E-state index contributed by atoms with van der Waals surface area (Å²) in [5.41, 5.74) is 2.09. The topological polar surface area (TPSA) is 42.7 Å². The molecular weight excluding hydrogens is 292 g/mol. The summed E-state index contributed by atoms with van der Waals surface area (Å²) in [6, 6.07) is 0.227. The molecule has 1 atom stereocenters. The maximum atomic E-state index is 6.48. The molecule has 0 saturated heterocycles. The van der Waals surface area contributed by atoms with Crippen LogP contribution < -0.4 is 5.32 Å². The van der Waals surface area contributed by atoms with E-state index in [1.54, 1.807) is 11.3 Å². The Labute approximate surface area is 129 Å². The van der Waals surface area contributed by atoms with Crippen LogP contribution in [0.2, 0.25) is 5.02 Å². The van der Waals surface area contributed by atoms with Gasteiger partial charge in [0.25, 0.3) is 0 Å². The fraction of sp³-hybridized carbons (Fsp3) is 0.571. The van der Waals surface area contributed by atoms with Crippen molar-refractivity contribution >= 4 is 22.9 Å². The quantitative estimate of drug-likeness (QED) is 0.889. The SMILES string of the molecule is CCc1nn(CC)c(CC(NC)c2cnc(C)s2)c1Cl. The molecule has 0 aliphatic heterocycles. The molecule has 0 bridgehead atoms. The van der Waals surface area contributed by atoms with Gasteiger partial charge in [-0.15, -0.1) is 11.3 Å². The van der Waals surface area contributed by atoms with Gasteiger partial charge in [0.2, 0.25) is 0 Å². The van der Waals surface area contributed by atoms with Gasteiger partial charge in [-0.1, -0.05) is 18.5 Å². The Hall–Kier alpha value is -0.910. The lowest BCUT2D eigenvalue weighted by Gasteiger charge is -2.15. The fourth-order valence-electron chi connectivity index (χ4n) is 2.29. The number of halogens is 1. The van der Waals surface area contributed by atoms with Crippen LogP contribution in [0.15, 0.2) is 6.20 Å². The first-order chi connectivity index (χ1) is 9.60. The standard InChI is InChI=1S/C14H21ClN4S/c1-5-10-14(15)12(19(6-2)18-10)7-11(16-4)13-8-17-9(3)20-13/h8,11,16H,5-7H2,1-4H3. The molecule has 0 aliphatic rings. The second-order valence-electron chi connectivity index (χ2n) is 4.70. The minimum absolute atomic E-state index is 0.227. The fourth-order valence-corrected chi connectivity index (χ4v) is 3.53. The molecule has 2 aromatic heterocycles. The lowest BCUT2D eigenvalue weighted by molar-refractivity contribution is 0.545. The first-order valence-electron chi connectivity index (χ1n) is 6.94. The molecule has 0 aliphatic carbocycles. The third kappa shape index (κ3) is 3.05. The second kappa shape index (κ2) is 6.70. The monoisotopic (exact) mass is 312 g/mol. The third-order valence-electron chi connectivity index (χ3n) is 3.42. The molecule has 110 valence electrons. The van der Waals surface area contributed by atoms with Crippen LogP contribution in [0.1, 0.15) is 41.2 Å². The van der Waals surface area contributed by atoms with Gasteiger partial charge in [0.05, 0.1) is 21.4 Å². The van der Waals surface area contributed by atoms with E-state index in [0.717, 1.165) is 40.8 Å². The molecular formula is C14H21ClN4S. The van der Waals surface area contributed by atoms with Crippen molar-refractivity contribution in [2.45, 2.75) is 46.2 Å².